The summed E-state index contributed by atoms with van der Waals surface area (Å²) in [4.78, 5) is 0. The number of rotatable bonds is 3. The van der Waals surface area contributed by atoms with Crippen LogP contribution in [-0.2, 0) is 0 Å². The first-order chi connectivity index (χ1) is 20.9. The summed E-state index contributed by atoms with van der Waals surface area (Å²) in [6.07, 6.45) is 0. The van der Waals surface area contributed by atoms with Crippen molar-refractivity contribution in [3.63, 3.8) is 0 Å². The largest absolute Gasteiger partial charge is 0.309 e. The highest BCUT2D eigenvalue weighted by Crippen LogP contribution is 2.45. The van der Waals surface area contributed by atoms with E-state index in [-0.39, 0.29) is 0 Å². The van der Waals surface area contributed by atoms with Crippen LogP contribution in [0.3, 0.4) is 0 Å². The summed E-state index contributed by atoms with van der Waals surface area (Å²) in [5.74, 6) is 0. The third-order valence-corrected chi connectivity index (χ3v) is 8.67. The predicted octanol–water partition coefficient (Wildman–Crippen LogP) is 10.7. The number of hydrogen-bond acceptors (Lipinski definition) is 0. The molecule has 2 nitrogen and oxygen atoms in total. The lowest BCUT2D eigenvalue weighted by Gasteiger charge is -2.15. The van der Waals surface area contributed by atoms with Gasteiger partial charge in [-0.1, -0.05) is 115 Å². The van der Waals surface area contributed by atoms with Gasteiger partial charge in [-0.05, 0) is 53.4 Å². The first-order valence-electron chi connectivity index (χ1n) is 14.5. The number of aromatic nitrogens is 2. The summed E-state index contributed by atoms with van der Waals surface area (Å²) in [6.45, 7) is 0. The molecule has 0 amide bonds. The molecule has 9 aromatic rings. The summed E-state index contributed by atoms with van der Waals surface area (Å²) in [5.41, 5.74) is 9.73. The van der Waals surface area contributed by atoms with Crippen LogP contribution in [0.1, 0.15) is 0 Å². The second-order valence-corrected chi connectivity index (χ2v) is 10.9. The second-order valence-electron chi connectivity index (χ2n) is 10.9. The lowest BCUT2D eigenvalue weighted by molar-refractivity contribution is 1.18. The molecular formula is C40H26N2. The minimum Gasteiger partial charge on any atom is -0.309 e. The average molecular weight is 535 g/mol. The van der Waals surface area contributed by atoms with Crippen LogP contribution in [0.4, 0.5) is 0 Å². The van der Waals surface area contributed by atoms with Crippen LogP contribution in [0.15, 0.2) is 158 Å². The van der Waals surface area contributed by atoms with Crippen molar-refractivity contribution in [3.8, 4) is 22.5 Å². The van der Waals surface area contributed by atoms with Gasteiger partial charge >= 0.3 is 0 Å². The Labute approximate surface area is 243 Å². The molecule has 0 saturated carbocycles. The summed E-state index contributed by atoms with van der Waals surface area (Å²) < 4.78 is 4.89. The molecular weight excluding hydrogens is 508 g/mol. The van der Waals surface area contributed by atoms with E-state index in [4.69, 9.17) is 0 Å². The molecule has 0 bridgehead atoms. The van der Waals surface area contributed by atoms with Gasteiger partial charge in [0.05, 0.1) is 22.1 Å². The SMILES string of the molecule is c1ccc(-n2c3ccccc3c3cccc(-c4cc5ccccc5c5c4c4ccccc4n5-c4ccccc4)c32)cc1. The Morgan fingerprint density at radius 3 is 1.57 bits per heavy atom. The molecule has 0 spiro atoms. The lowest BCUT2D eigenvalue weighted by atomic mass is 9.93. The van der Waals surface area contributed by atoms with Crippen molar-refractivity contribution in [2.75, 3.05) is 0 Å². The van der Waals surface area contributed by atoms with Crippen LogP contribution < -0.4 is 0 Å². The maximum atomic E-state index is 2.45. The van der Waals surface area contributed by atoms with Crippen LogP contribution in [0.2, 0.25) is 0 Å². The molecule has 0 atom stereocenters. The van der Waals surface area contributed by atoms with Gasteiger partial charge in [-0.2, -0.15) is 0 Å². The molecule has 42 heavy (non-hydrogen) atoms. The number of para-hydroxylation sites is 5. The van der Waals surface area contributed by atoms with Gasteiger partial charge in [-0.25, -0.2) is 0 Å². The van der Waals surface area contributed by atoms with Crippen LogP contribution in [0.25, 0.3) is 76.9 Å². The molecule has 0 radical (unpaired) electrons. The van der Waals surface area contributed by atoms with Gasteiger partial charge in [0.2, 0.25) is 0 Å². The summed E-state index contributed by atoms with van der Waals surface area (Å²) in [6, 6.07) is 57.1. The van der Waals surface area contributed by atoms with Gasteiger partial charge in [0, 0.05) is 43.9 Å². The van der Waals surface area contributed by atoms with E-state index in [2.05, 4.69) is 167 Å². The lowest BCUT2D eigenvalue weighted by Crippen LogP contribution is -1.96. The molecule has 7 aromatic carbocycles. The first-order valence-corrected chi connectivity index (χ1v) is 14.5. The number of hydrogen-bond donors (Lipinski definition) is 0. The molecule has 0 aliphatic rings. The zero-order chi connectivity index (χ0) is 27.6. The fraction of sp³-hybridized carbons (Fsp3) is 0. The van der Waals surface area contributed by atoms with Crippen molar-refractivity contribution in [1.29, 1.82) is 0 Å². The van der Waals surface area contributed by atoms with E-state index in [0.29, 0.717) is 0 Å². The molecule has 196 valence electrons. The Morgan fingerprint density at radius 2 is 0.857 bits per heavy atom. The van der Waals surface area contributed by atoms with Gasteiger partial charge in [0.1, 0.15) is 0 Å². The zero-order valence-corrected chi connectivity index (χ0v) is 22.9. The smallest absolute Gasteiger partial charge is 0.0625 e. The summed E-state index contributed by atoms with van der Waals surface area (Å²) in [5, 5.41) is 7.57. The van der Waals surface area contributed by atoms with Crippen molar-refractivity contribution in [2.24, 2.45) is 0 Å². The Kier molecular flexibility index (Phi) is 4.93. The summed E-state index contributed by atoms with van der Waals surface area (Å²) in [7, 11) is 0. The number of fused-ring (bicyclic) bond motifs is 8. The van der Waals surface area contributed by atoms with Crippen molar-refractivity contribution in [2.45, 2.75) is 0 Å². The standard InChI is InChI=1S/C40H26N2/c1-3-15-28(16-4-1)41-36-24-11-9-20-31(36)32-22-13-23-33(39(32)41)35-26-27-14-7-8-19-30(27)40-38(35)34-21-10-12-25-37(34)42(40)29-17-5-2-6-18-29/h1-26H. The summed E-state index contributed by atoms with van der Waals surface area (Å²) >= 11 is 0. The monoisotopic (exact) mass is 534 g/mol. The predicted molar refractivity (Wildman–Crippen MR) is 178 cm³/mol. The highest BCUT2D eigenvalue weighted by atomic mass is 15.0. The molecule has 0 saturated heterocycles. The van der Waals surface area contributed by atoms with E-state index in [1.807, 2.05) is 0 Å². The van der Waals surface area contributed by atoms with Gasteiger partial charge in [0.25, 0.3) is 0 Å². The van der Waals surface area contributed by atoms with E-state index in [1.165, 1.54) is 76.9 Å². The molecule has 0 aliphatic heterocycles. The van der Waals surface area contributed by atoms with Crippen LogP contribution >= 0.6 is 0 Å². The highest BCUT2D eigenvalue weighted by molar-refractivity contribution is 6.26. The number of nitrogens with zero attached hydrogens (tertiary/aromatic N) is 2. The van der Waals surface area contributed by atoms with Crippen LogP contribution in [0, 0.1) is 0 Å². The van der Waals surface area contributed by atoms with Crippen molar-refractivity contribution >= 4 is 54.4 Å². The normalized spacial score (nSPS) is 11.8. The fourth-order valence-electron chi connectivity index (χ4n) is 6.97. The Balaban J connectivity index is 1.53. The van der Waals surface area contributed by atoms with E-state index < -0.39 is 0 Å². The Hall–Kier alpha value is -5.60. The maximum Gasteiger partial charge on any atom is 0.0625 e. The molecule has 0 aliphatic carbocycles. The zero-order valence-electron chi connectivity index (χ0n) is 22.9. The third-order valence-electron chi connectivity index (χ3n) is 8.67. The highest BCUT2D eigenvalue weighted by Gasteiger charge is 2.22. The molecule has 2 heterocycles. The molecule has 2 aromatic heterocycles. The maximum absolute atomic E-state index is 2.45. The fourth-order valence-corrected chi connectivity index (χ4v) is 6.97. The van der Waals surface area contributed by atoms with Gasteiger partial charge < -0.3 is 9.13 Å². The Morgan fingerprint density at radius 1 is 0.333 bits per heavy atom. The van der Waals surface area contributed by atoms with Crippen LogP contribution in [0.5, 0.6) is 0 Å². The molecule has 0 N–H and O–H groups in total. The second kappa shape index (κ2) is 8.95. The number of benzene rings is 7. The van der Waals surface area contributed by atoms with E-state index in [1.54, 1.807) is 0 Å². The first kappa shape index (κ1) is 23.1. The molecule has 2 heteroatoms. The molecule has 0 fully saturated rings. The Bertz CT molecular complexity index is 2440. The van der Waals surface area contributed by atoms with E-state index in [9.17, 15) is 0 Å². The van der Waals surface area contributed by atoms with Crippen molar-refractivity contribution < 1.29 is 0 Å². The quantitative estimate of drug-likeness (QED) is 0.213. The average Bonchev–Trinajstić information content (AvgIpc) is 3.59. The van der Waals surface area contributed by atoms with E-state index >= 15 is 0 Å². The van der Waals surface area contributed by atoms with Crippen LogP contribution in [-0.4, -0.2) is 9.13 Å². The van der Waals surface area contributed by atoms with Crippen molar-refractivity contribution in [1.82, 2.24) is 9.13 Å². The minimum absolute atomic E-state index is 1.17. The minimum atomic E-state index is 1.17. The van der Waals surface area contributed by atoms with E-state index in [0.717, 1.165) is 0 Å². The third kappa shape index (κ3) is 3.21. The molecule has 9 rings (SSSR count). The van der Waals surface area contributed by atoms with Gasteiger partial charge in [-0.15, -0.1) is 0 Å². The van der Waals surface area contributed by atoms with Gasteiger partial charge in [0.15, 0.2) is 0 Å². The topological polar surface area (TPSA) is 9.86 Å². The van der Waals surface area contributed by atoms with Gasteiger partial charge in [-0.3, -0.25) is 0 Å². The molecule has 0 unspecified atom stereocenters. The van der Waals surface area contributed by atoms with Crippen molar-refractivity contribution in [3.05, 3.63) is 158 Å².